The van der Waals surface area contributed by atoms with E-state index in [2.05, 4.69) is 0 Å². The Balaban J connectivity index is 1.92. The highest BCUT2D eigenvalue weighted by Gasteiger charge is 2.47. The Kier molecular flexibility index (Phi) is 5.09. The molecule has 1 N–H and O–H groups in total. The van der Waals surface area contributed by atoms with Crippen LogP contribution in [0.1, 0.15) is 22.7 Å². The second kappa shape index (κ2) is 7.87. The molecular formula is C24H18N2O5. The largest absolute Gasteiger partial charge is 0.507 e. The summed E-state index contributed by atoms with van der Waals surface area (Å²) in [5.74, 6) is -1.93. The first kappa shape index (κ1) is 20.0. The number of nitro benzene ring substituents is 1. The number of nitrogens with zero attached hydrogens (tertiary/aromatic N) is 2. The van der Waals surface area contributed by atoms with Crippen molar-refractivity contribution in [1.29, 1.82) is 0 Å². The van der Waals surface area contributed by atoms with Crippen molar-refractivity contribution in [1.82, 2.24) is 0 Å². The molecule has 0 bridgehead atoms. The number of carbonyl (C=O) groups excluding carboxylic acids is 2. The fourth-order valence-electron chi connectivity index (χ4n) is 3.76. The van der Waals surface area contributed by atoms with Crippen LogP contribution in [0.25, 0.3) is 5.76 Å². The molecule has 1 unspecified atom stereocenters. The van der Waals surface area contributed by atoms with E-state index in [1.807, 2.05) is 25.1 Å². The van der Waals surface area contributed by atoms with Crippen molar-refractivity contribution in [3.8, 4) is 0 Å². The summed E-state index contributed by atoms with van der Waals surface area (Å²) in [4.78, 5) is 37.9. The normalized spacial score (nSPS) is 17.7. The van der Waals surface area contributed by atoms with E-state index in [4.69, 9.17) is 0 Å². The predicted octanol–water partition coefficient (Wildman–Crippen LogP) is 4.53. The van der Waals surface area contributed by atoms with Gasteiger partial charge in [0.05, 0.1) is 16.5 Å². The van der Waals surface area contributed by atoms with Crippen LogP contribution in [0.4, 0.5) is 11.4 Å². The third-order valence-corrected chi connectivity index (χ3v) is 5.29. The second-order valence-corrected chi connectivity index (χ2v) is 7.17. The molecule has 0 radical (unpaired) electrons. The van der Waals surface area contributed by atoms with Gasteiger partial charge < -0.3 is 5.11 Å². The molecule has 1 saturated heterocycles. The predicted molar refractivity (Wildman–Crippen MR) is 116 cm³/mol. The lowest BCUT2D eigenvalue weighted by Crippen LogP contribution is -2.30. The molecule has 1 aliphatic rings. The van der Waals surface area contributed by atoms with Crippen LogP contribution in [-0.2, 0) is 9.59 Å². The fourth-order valence-corrected chi connectivity index (χ4v) is 3.76. The van der Waals surface area contributed by atoms with Gasteiger partial charge in [0.2, 0.25) is 0 Å². The van der Waals surface area contributed by atoms with Gasteiger partial charge in [0, 0.05) is 23.4 Å². The number of carbonyl (C=O) groups is 2. The third-order valence-electron chi connectivity index (χ3n) is 5.29. The van der Waals surface area contributed by atoms with E-state index in [1.165, 1.54) is 29.2 Å². The summed E-state index contributed by atoms with van der Waals surface area (Å²) in [5, 5.41) is 21.9. The van der Waals surface area contributed by atoms with Crippen molar-refractivity contribution in [3.63, 3.8) is 0 Å². The first-order valence-electron chi connectivity index (χ1n) is 9.56. The molecule has 3 aromatic rings. The van der Waals surface area contributed by atoms with Crippen LogP contribution >= 0.6 is 0 Å². The molecule has 3 aromatic carbocycles. The zero-order valence-corrected chi connectivity index (χ0v) is 16.6. The van der Waals surface area contributed by atoms with Crippen LogP contribution < -0.4 is 4.90 Å². The minimum Gasteiger partial charge on any atom is -0.507 e. The maximum absolute atomic E-state index is 13.1. The number of rotatable bonds is 4. The summed E-state index contributed by atoms with van der Waals surface area (Å²) in [7, 11) is 0. The summed E-state index contributed by atoms with van der Waals surface area (Å²) in [5.41, 5.74) is 2.05. The maximum Gasteiger partial charge on any atom is 0.300 e. The van der Waals surface area contributed by atoms with Crippen LogP contribution in [0, 0.1) is 17.0 Å². The van der Waals surface area contributed by atoms with E-state index in [0.717, 1.165) is 5.56 Å². The quantitative estimate of drug-likeness (QED) is 0.222. The van der Waals surface area contributed by atoms with Gasteiger partial charge in [0.15, 0.2) is 0 Å². The van der Waals surface area contributed by atoms with Crippen molar-refractivity contribution in [2.75, 3.05) is 4.90 Å². The van der Waals surface area contributed by atoms with E-state index in [-0.39, 0.29) is 22.6 Å². The molecule has 1 fully saturated rings. The number of nitro groups is 1. The van der Waals surface area contributed by atoms with Gasteiger partial charge in [-0.3, -0.25) is 24.6 Å². The molecule has 0 aromatic heterocycles. The van der Waals surface area contributed by atoms with Crippen LogP contribution in [0.5, 0.6) is 0 Å². The third kappa shape index (κ3) is 3.46. The van der Waals surface area contributed by atoms with E-state index >= 15 is 0 Å². The molecule has 1 heterocycles. The highest BCUT2D eigenvalue weighted by atomic mass is 16.6. The fraction of sp³-hybridized carbons (Fsp3) is 0.0833. The molecule has 0 saturated carbocycles. The van der Waals surface area contributed by atoms with Crippen LogP contribution in [-0.4, -0.2) is 21.7 Å². The van der Waals surface area contributed by atoms with Gasteiger partial charge in [-0.1, -0.05) is 48.5 Å². The average Bonchev–Trinajstić information content (AvgIpc) is 3.05. The van der Waals surface area contributed by atoms with Crippen LogP contribution in [0.3, 0.4) is 0 Å². The summed E-state index contributed by atoms with van der Waals surface area (Å²) in [6.07, 6.45) is 0. The number of anilines is 1. The molecule has 31 heavy (non-hydrogen) atoms. The Morgan fingerprint density at radius 3 is 2.16 bits per heavy atom. The number of non-ortho nitro benzene ring substituents is 1. The molecule has 1 amide bonds. The lowest BCUT2D eigenvalue weighted by atomic mass is 9.95. The number of benzene rings is 3. The van der Waals surface area contributed by atoms with Crippen LogP contribution in [0.15, 0.2) is 84.4 Å². The lowest BCUT2D eigenvalue weighted by molar-refractivity contribution is -0.384. The Hall–Kier alpha value is -4.26. The maximum atomic E-state index is 13.1. The van der Waals surface area contributed by atoms with Crippen molar-refractivity contribution in [3.05, 3.63) is 111 Å². The van der Waals surface area contributed by atoms with Gasteiger partial charge in [0.1, 0.15) is 5.76 Å². The van der Waals surface area contributed by atoms with E-state index < -0.39 is 22.7 Å². The molecule has 1 atom stereocenters. The van der Waals surface area contributed by atoms with Crippen molar-refractivity contribution < 1.29 is 19.6 Å². The zero-order chi connectivity index (χ0) is 22.1. The second-order valence-electron chi connectivity index (χ2n) is 7.17. The van der Waals surface area contributed by atoms with Crippen molar-refractivity contribution in [2.24, 2.45) is 0 Å². The van der Waals surface area contributed by atoms with Gasteiger partial charge in [-0.05, 0) is 36.2 Å². The number of para-hydroxylation sites is 1. The van der Waals surface area contributed by atoms with E-state index in [9.17, 15) is 24.8 Å². The van der Waals surface area contributed by atoms with Crippen molar-refractivity contribution in [2.45, 2.75) is 13.0 Å². The number of amides is 1. The molecule has 7 heteroatoms. The van der Waals surface area contributed by atoms with Gasteiger partial charge in [-0.25, -0.2) is 0 Å². The summed E-state index contributed by atoms with van der Waals surface area (Å²) in [6.45, 7) is 1.84. The molecule has 4 rings (SSSR count). The number of Topliss-reactive ketones (excluding diaryl/α,β-unsaturated/α-hetero) is 1. The van der Waals surface area contributed by atoms with Gasteiger partial charge in [-0.2, -0.15) is 0 Å². The summed E-state index contributed by atoms with van der Waals surface area (Å²) < 4.78 is 0. The van der Waals surface area contributed by atoms with Crippen LogP contribution in [0.2, 0.25) is 0 Å². The van der Waals surface area contributed by atoms with Gasteiger partial charge in [-0.15, -0.1) is 0 Å². The summed E-state index contributed by atoms with van der Waals surface area (Å²) in [6, 6.07) is 20.5. The number of aliphatic hydroxyl groups excluding tert-OH is 1. The Labute approximate surface area is 178 Å². The highest BCUT2D eigenvalue weighted by Crippen LogP contribution is 2.43. The first-order chi connectivity index (χ1) is 14.9. The van der Waals surface area contributed by atoms with Crippen molar-refractivity contribution >= 4 is 28.8 Å². The minimum absolute atomic E-state index is 0.0618. The molecule has 0 aliphatic carbocycles. The smallest absolute Gasteiger partial charge is 0.300 e. The Morgan fingerprint density at radius 2 is 1.55 bits per heavy atom. The first-order valence-corrected chi connectivity index (χ1v) is 9.56. The number of ketones is 1. The van der Waals surface area contributed by atoms with Gasteiger partial charge >= 0.3 is 0 Å². The number of aliphatic hydroxyl groups is 1. The topological polar surface area (TPSA) is 101 Å². The molecular weight excluding hydrogens is 396 g/mol. The molecule has 7 nitrogen and oxygen atoms in total. The highest BCUT2D eigenvalue weighted by molar-refractivity contribution is 6.51. The molecule has 154 valence electrons. The van der Waals surface area contributed by atoms with E-state index in [0.29, 0.717) is 11.3 Å². The lowest BCUT2D eigenvalue weighted by Gasteiger charge is -2.26. The number of hydrogen-bond donors (Lipinski definition) is 1. The monoisotopic (exact) mass is 414 g/mol. The number of aryl methyl sites for hydroxylation is 1. The minimum atomic E-state index is -0.836. The summed E-state index contributed by atoms with van der Waals surface area (Å²) >= 11 is 0. The van der Waals surface area contributed by atoms with E-state index in [1.54, 1.807) is 36.4 Å². The molecule has 1 aliphatic heterocycles. The Bertz CT molecular complexity index is 1220. The number of hydrogen-bond acceptors (Lipinski definition) is 5. The Morgan fingerprint density at radius 1 is 0.935 bits per heavy atom. The SMILES string of the molecule is Cc1ccccc1N1C(=O)C(=O)/C(=C(\O)c2ccc([N+](=O)[O-])cc2)C1c1ccccc1. The standard InChI is InChI=1S/C24H18N2O5/c1-15-7-5-6-10-19(15)25-21(16-8-3-2-4-9-16)20(23(28)24(25)29)22(27)17-11-13-18(14-12-17)26(30)31/h2-14,21,27H,1H3/b22-20-. The van der Waals surface area contributed by atoms with Gasteiger partial charge in [0.25, 0.3) is 17.4 Å². The zero-order valence-electron chi connectivity index (χ0n) is 16.6. The molecule has 0 spiro atoms. The average molecular weight is 414 g/mol.